The largest absolute Gasteiger partial charge is 0.488 e. The SMILES string of the molecule is CC(C)Oc1ccccc1OCCNCc1cccc(OC2C=CCCC2)c1.O=C(O)C(=O)O. The fraction of sp³-hybridized carbons (Fsp3) is 0.385. The third kappa shape index (κ3) is 10.4. The van der Waals surface area contributed by atoms with Gasteiger partial charge in [0.2, 0.25) is 0 Å². The van der Waals surface area contributed by atoms with Crippen LogP contribution >= 0.6 is 0 Å². The van der Waals surface area contributed by atoms with Crippen molar-refractivity contribution in [2.45, 2.75) is 51.9 Å². The molecule has 2 aromatic rings. The maximum absolute atomic E-state index is 9.10. The van der Waals surface area contributed by atoms with Crippen molar-refractivity contribution in [3.63, 3.8) is 0 Å². The van der Waals surface area contributed by atoms with Gasteiger partial charge in [-0.25, -0.2) is 9.59 Å². The summed E-state index contributed by atoms with van der Waals surface area (Å²) >= 11 is 0. The van der Waals surface area contributed by atoms with Gasteiger partial charge < -0.3 is 29.7 Å². The number of allylic oxidation sites excluding steroid dienone is 1. The van der Waals surface area contributed by atoms with Crippen molar-refractivity contribution in [1.82, 2.24) is 5.32 Å². The van der Waals surface area contributed by atoms with E-state index in [2.05, 4.69) is 35.7 Å². The van der Waals surface area contributed by atoms with E-state index in [4.69, 9.17) is 34.0 Å². The normalized spacial score (nSPS) is 14.6. The molecular formula is C26H33NO7. The minimum Gasteiger partial charge on any atom is -0.488 e. The first-order valence-corrected chi connectivity index (χ1v) is 11.3. The van der Waals surface area contributed by atoms with Gasteiger partial charge in [0.25, 0.3) is 0 Å². The van der Waals surface area contributed by atoms with Crippen molar-refractivity contribution in [3.8, 4) is 17.2 Å². The highest BCUT2D eigenvalue weighted by molar-refractivity contribution is 6.27. The van der Waals surface area contributed by atoms with Crippen LogP contribution in [-0.2, 0) is 16.1 Å². The number of rotatable bonds is 10. The van der Waals surface area contributed by atoms with Crippen molar-refractivity contribution in [3.05, 3.63) is 66.2 Å². The second kappa shape index (κ2) is 14.6. The molecule has 0 saturated heterocycles. The Labute approximate surface area is 200 Å². The molecular weight excluding hydrogens is 438 g/mol. The molecule has 1 aliphatic rings. The maximum Gasteiger partial charge on any atom is 0.414 e. The molecule has 8 heteroatoms. The summed E-state index contributed by atoms with van der Waals surface area (Å²) in [5.74, 6) is -1.13. The van der Waals surface area contributed by atoms with Crippen LogP contribution in [0.5, 0.6) is 17.2 Å². The van der Waals surface area contributed by atoms with Crippen molar-refractivity contribution < 1.29 is 34.0 Å². The topological polar surface area (TPSA) is 114 Å². The molecule has 1 unspecified atom stereocenters. The number of nitrogens with one attached hydrogen (secondary N) is 1. The number of ether oxygens (including phenoxy) is 3. The predicted octanol–water partition coefficient (Wildman–Crippen LogP) is 4.29. The lowest BCUT2D eigenvalue weighted by Crippen LogP contribution is -2.21. The third-order valence-corrected chi connectivity index (χ3v) is 4.66. The standard InChI is InChI=1S/C24H31NO3.C2H2O4/c1-19(2)27-24-14-7-6-13-23(24)26-16-15-25-18-20-9-8-12-22(17-20)28-21-10-4-3-5-11-21;3-1(4)2(5)6/h4,6-10,12-14,17,19,21,25H,3,5,11,15-16,18H2,1-2H3;(H,3,4)(H,5,6). The van der Waals surface area contributed by atoms with E-state index in [1.54, 1.807) is 0 Å². The van der Waals surface area contributed by atoms with E-state index < -0.39 is 11.9 Å². The number of para-hydroxylation sites is 2. The van der Waals surface area contributed by atoms with E-state index in [9.17, 15) is 0 Å². The molecule has 0 aromatic heterocycles. The van der Waals surface area contributed by atoms with Crippen molar-refractivity contribution in [1.29, 1.82) is 0 Å². The van der Waals surface area contributed by atoms with E-state index in [0.717, 1.165) is 36.8 Å². The van der Waals surface area contributed by atoms with E-state index in [0.29, 0.717) is 6.61 Å². The van der Waals surface area contributed by atoms with Gasteiger partial charge in [-0.15, -0.1) is 0 Å². The summed E-state index contributed by atoms with van der Waals surface area (Å²) in [4.78, 5) is 18.2. The number of benzene rings is 2. The van der Waals surface area contributed by atoms with E-state index in [1.165, 1.54) is 18.4 Å². The van der Waals surface area contributed by atoms with Gasteiger partial charge in [-0.1, -0.05) is 30.3 Å². The van der Waals surface area contributed by atoms with Crippen LogP contribution in [0.1, 0.15) is 38.7 Å². The third-order valence-electron chi connectivity index (χ3n) is 4.66. The molecule has 184 valence electrons. The summed E-state index contributed by atoms with van der Waals surface area (Å²) in [7, 11) is 0. The summed E-state index contributed by atoms with van der Waals surface area (Å²) in [5, 5.41) is 18.2. The number of hydrogen-bond acceptors (Lipinski definition) is 6. The Balaban J connectivity index is 0.000000604. The molecule has 34 heavy (non-hydrogen) atoms. The average Bonchev–Trinajstić information content (AvgIpc) is 2.81. The minimum atomic E-state index is -1.82. The summed E-state index contributed by atoms with van der Waals surface area (Å²) in [6.07, 6.45) is 8.18. The van der Waals surface area contributed by atoms with Crippen molar-refractivity contribution in [2.75, 3.05) is 13.2 Å². The number of hydrogen-bond donors (Lipinski definition) is 3. The summed E-state index contributed by atoms with van der Waals surface area (Å²) in [6, 6.07) is 16.1. The van der Waals surface area contributed by atoms with Gasteiger partial charge in [0.15, 0.2) is 11.5 Å². The summed E-state index contributed by atoms with van der Waals surface area (Å²) < 4.78 is 17.7. The molecule has 1 aliphatic carbocycles. The zero-order valence-corrected chi connectivity index (χ0v) is 19.6. The molecule has 0 amide bonds. The van der Waals surface area contributed by atoms with Gasteiger partial charge in [0, 0.05) is 13.1 Å². The van der Waals surface area contributed by atoms with Gasteiger partial charge in [-0.3, -0.25) is 0 Å². The summed E-state index contributed by atoms with van der Waals surface area (Å²) in [6.45, 7) is 6.15. The quantitative estimate of drug-likeness (QED) is 0.267. The summed E-state index contributed by atoms with van der Waals surface area (Å²) in [5.41, 5.74) is 1.21. The number of carboxylic acid groups (broad SMARTS) is 2. The fourth-order valence-electron chi connectivity index (χ4n) is 3.17. The molecule has 0 spiro atoms. The maximum atomic E-state index is 9.10. The number of carboxylic acids is 2. The van der Waals surface area contributed by atoms with Crippen LogP contribution in [0.4, 0.5) is 0 Å². The first kappa shape index (κ1) is 26.7. The smallest absolute Gasteiger partial charge is 0.414 e. The Morgan fingerprint density at radius 3 is 2.44 bits per heavy atom. The molecule has 8 nitrogen and oxygen atoms in total. The Kier molecular flexibility index (Phi) is 11.5. The molecule has 3 N–H and O–H groups in total. The van der Waals surface area contributed by atoms with Crippen LogP contribution in [0.25, 0.3) is 0 Å². The lowest BCUT2D eigenvalue weighted by atomic mass is 10.1. The molecule has 0 saturated carbocycles. The lowest BCUT2D eigenvalue weighted by Gasteiger charge is -2.19. The van der Waals surface area contributed by atoms with Crippen LogP contribution in [0, 0.1) is 0 Å². The second-order valence-electron chi connectivity index (χ2n) is 7.91. The fourth-order valence-corrected chi connectivity index (χ4v) is 3.17. The average molecular weight is 472 g/mol. The Bertz CT molecular complexity index is 930. The zero-order chi connectivity index (χ0) is 24.8. The van der Waals surface area contributed by atoms with Crippen LogP contribution in [0.15, 0.2) is 60.7 Å². The first-order valence-electron chi connectivity index (χ1n) is 11.3. The van der Waals surface area contributed by atoms with Gasteiger partial charge in [-0.2, -0.15) is 0 Å². The van der Waals surface area contributed by atoms with Crippen molar-refractivity contribution in [2.24, 2.45) is 0 Å². The van der Waals surface area contributed by atoms with Crippen molar-refractivity contribution >= 4 is 11.9 Å². The van der Waals surface area contributed by atoms with Crippen LogP contribution in [0.3, 0.4) is 0 Å². The molecule has 0 aliphatic heterocycles. The Morgan fingerprint density at radius 1 is 1.06 bits per heavy atom. The van der Waals surface area contributed by atoms with Gasteiger partial charge in [0.05, 0.1) is 6.10 Å². The molecule has 0 fully saturated rings. The minimum absolute atomic E-state index is 0.126. The predicted molar refractivity (Wildman–Crippen MR) is 129 cm³/mol. The van der Waals surface area contributed by atoms with E-state index in [-0.39, 0.29) is 12.2 Å². The molecule has 0 bridgehead atoms. The van der Waals surface area contributed by atoms with Crippen LogP contribution < -0.4 is 19.5 Å². The Hall–Kier alpha value is -3.52. The molecule has 3 rings (SSSR count). The van der Waals surface area contributed by atoms with Gasteiger partial charge in [-0.05, 0) is 69.0 Å². The highest BCUT2D eigenvalue weighted by atomic mass is 16.5. The molecule has 0 heterocycles. The molecule has 1 atom stereocenters. The van der Waals surface area contributed by atoms with Gasteiger partial charge in [0.1, 0.15) is 18.5 Å². The van der Waals surface area contributed by atoms with E-state index >= 15 is 0 Å². The highest BCUT2D eigenvalue weighted by Crippen LogP contribution is 2.27. The first-order chi connectivity index (χ1) is 16.3. The van der Waals surface area contributed by atoms with Crippen LogP contribution in [0.2, 0.25) is 0 Å². The van der Waals surface area contributed by atoms with Crippen LogP contribution in [-0.4, -0.2) is 47.5 Å². The second-order valence-corrected chi connectivity index (χ2v) is 7.91. The zero-order valence-electron chi connectivity index (χ0n) is 19.6. The lowest BCUT2D eigenvalue weighted by molar-refractivity contribution is -0.159. The monoisotopic (exact) mass is 471 g/mol. The molecule has 0 radical (unpaired) electrons. The molecule has 2 aromatic carbocycles. The van der Waals surface area contributed by atoms with E-state index in [1.807, 2.05) is 44.2 Å². The highest BCUT2D eigenvalue weighted by Gasteiger charge is 2.10. The van der Waals surface area contributed by atoms with Gasteiger partial charge >= 0.3 is 11.9 Å². The number of carbonyl (C=O) groups is 2. The Morgan fingerprint density at radius 2 is 1.79 bits per heavy atom. The number of aliphatic carboxylic acids is 2.